The number of hydrogen-bond acceptors (Lipinski definition) is 5. The Bertz CT molecular complexity index is 456. The van der Waals surface area contributed by atoms with Crippen LogP contribution >= 0.6 is 0 Å². The van der Waals surface area contributed by atoms with Gasteiger partial charge in [-0.15, -0.1) is 5.11 Å². The van der Waals surface area contributed by atoms with E-state index in [0.717, 1.165) is 0 Å². The van der Waals surface area contributed by atoms with Crippen molar-refractivity contribution in [2.75, 3.05) is 7.11 Å². The summed E-state index contributed by atoms with van der Waals surface area (Å²) in [5, 5.41) is 28.9. The van der Waals surface area contributed by atoms with Crippen LogP contribution in [-0.2, 0) is 0 Å². The molecular formula is C13H22BN3O3. The van der Waals surface area contributed by atoms with Crippen LogP contribution < -0.4 is 10.2 Å². The van der Waals surface area contributed by atoms with E-state index >= 15 is 0 Å². The minimum absolute atomic E-state index is 0.208. The summed E-state index contributed by atoms with van der Waals surface area (Å²) in [6.07, 6.45) is 0. The summed E-state index contributed by atoms with van der Waals surface area (Å²) in [6.45, 7) is 8.09. The number of ether oxygens (including phenoxy) is 1. The predicted octanol–water partition coefficient (Wildman–Crippen LogP) is 1.49. The Labute approximate surface area is 120 Å². The van der Waals surface area contributed by atoms with Crippen molar-refractivity contribution in [1.29, 1.82) is 0 Å². The van der Waals surface area contributed by atoms with Crippen LogP contribution in [0.15, 0.2) is 28.5 Å². The van der Waals surface area contributed by atoms with Gasteiger partial charge in [0.2, 0.25) is 0 Å². The molecule has 0 radical (unpaired) electrons. The quantitative estimate of drug-likeness (QED) is 0.470. The van der Waals surface area contributed by atoms with E-state index in [9.17, 15) is 10.0 Å². The summed E-state index contributed by atoms with van der Waals surface area (Å²) in [5.74, 6) is 0.539. The first-order chi connectivity index (χ1) is 9.36. The fourth-order valence-corrected chi connectivity index (χ4v) is 1.86. The normalized spacial score (nSPS) is 11.4. The Hall–Kier alpha value is -1.60. The van der Waals surface area contributed by atoms with Gasteiger partial charge in [0.05, 0.1) is 12.8 Å². The molecule has 0 spiro atoms. The molecule has 6 nitrogen and oxygen atoms in total. The zero-order valence-corrected chi connectivity index (χ0v) is 12.6. The van der Waals surface area contributed by atoms with E-state index in [2.05, 4.69) is 10.3 Å². The molecule has 0 saturated carbocycles. The average molecular weight is 279 g/mol. The van der Waals surface area contributed by atoms with Gasteiger partial charge in [-0.05, 0) is 45.9 Å². The molecule has 1 aromatic carbocycles. The molecule has 20 heavy (non-hydrogen) atoms. The fourth-order valence-electron chi connectivity index (χ4n) is 1.86. The Balaban J connectivity index is 3.07. The summed E-state index contributed by atoms with van der Waals surface area (Å²) in [5.41, 5.74) is 0.674. The Kier molecular flexibility index (Phi) is 5.97. The first kappa shape index (κ1) is 16.5. The number of nitrogens with zero attached hydrogens (tertiary/aromatic N) is 3. The van der Waals surface area contributed by atoms with Gasteiger partial charge >= 0.3 is 7.12 Å². The van der Waals surface area contributed by atoms with E-state index in [1.807, 2.05) is 32.7 Å². The molecule has 0 aliphatic carbocycles. The van der Waals surface area contributed by atoms with Gasteiger partial charge in [-0.25, -0.2) is 0 Å². The molecule has 0 aliphatic rings. The first-order valence-electron chi connectivity index (χ1n) is 6.60. The molecule has 110 valence electrons. The van der Waals surface area contributed by atoms with Crippen LogP contribution in [0.3, 0.4) is 0 Å². The van der Waals surface area contributed by atoms with Crippen LogP contribution in [-0.4, -0.2) is 41.4 Å². The summed E-state index contributed by atoms with van der Waals surface area (Å²) >= 11 is 0. The second-order valence-electron chi connectivity index (χ2n) is 5.06. The van der Waals surface area contributed by atoms with Gasteiger partial charge in [-0.1, -0.05) is 5.22 Å². The maximum Gasteiger partial charge on any atom is 0.490 e. The third-order valence-corrected chi connectivity index (χ3v) is 2.83. The first-order valence-corrected chi connectivity index (χ1v) is 6.60. The largest absolute Gasteiger partial charge is 0.497 e. The number of rotatable bonds is 6. The lowest BCUT2D eigenvalue weighted by molar-refractivity contribution is 0.169. The highest BCUT2D eigenvalue weighted by molar-refractivity contribution is 6.60. The third kappa shape index (κ3) is 4.21. The highest BCUT2D eigenvalue weighted by Crippen LogP contribution is 2.18. The van der Waals surface area contributed by atoms with Crippen molar-refractivity contribution in [3.63, 3.8) is 0 Å². The zero-order chi connectivity index (χ0) is 15.3. The van der Waals surface area contributed by atoms with Crippen molar-refractivity contribution in [3.8, 4) is 5.75 Å². The highest BCUT2D eigenvalue weighted by atomic mass is 16.5. The Morgan fingerprint density at radius 3 is 2.20 bits per heavy atom. The molecule has 0 atom stereocenters. The number of hydrogen-bond donors (Lipinski definition) is 2. The lowest BCUT2D eigenvalue weighted by atomic mass is 9.79. The molecule has 0 heterocycles. The minimum atomic E-state index is -1.62. The maximum atomic E-state index is 9.39. The molecule has 0 aromatic heterocycles. The van der Waals surface area contributed by atoms with Crippen LogP contribution in [0, 0.1) is 0 Å². The van der Waals surface area contributed by atoms with Gasteiger partial charge in [0.15, 0.2) is 0 Å². The van der Waals surface area contributed by atoms with Gasteiger partial charge in [0.25, 0.3) is 0 Å². The molecule has 1 rings (SSSR count). The van der Waals surface area contributed by atoms with E-state index in [4.69, 9.17) is 4.74 Å². The summed E-state index contributed by atoms with van der Waals surface area (Å²) in [6, 6.07) is 5.30. The van der Waals surface area contributed by atoms with Crippen molar-refractivity contribution >= 4 is 18.3 Å². The van der Waals surface area contributed by atoms with Crippen LogP contribution in [0.25, 0.3) is 0 Å². The van der Waals surface area contributed by atoms with Gasteiger partial charge in [0.1, 0.15) is 5.75 Å². The average Bonchev–Trinajstić information content (AvgIpc) is 2.38. The van der Waals surface area contributed by atoms with Crippen molar-refractivity contribution < 1.29 is 14.8 Å². The molecule has 1 aromatic rings. The maximum absolute atomic E-state index is 9.39. The lowest BCUT2D eigenvalue weighted by Crippen LogP contribution is -2.32. The molecule has 0 fully saturated rings. The topological polar surface area (TPSA) is 77.7 Å². The van der Waals surface area contributed by atoms with Crippen LogP contribution in [0.4, 0.5) is 5.69 Å². The van der Waals surface area contributed by atoms with Gasteiger partial charge < -0.3 is 14.8 Å². The highest BCUT2D eigenvalue weighted by Gasteiger charge is 2.18. The van der Waals surface area contributed by atoms with E-state index < -0.39 is 7.12 Å². The van der Waals surface area contributed by atoms with Crippen molar-refractivity contribution in [2.24, 2.45) is 10.3 Å². The Morgan fingerprint density at radius 1 is 1.15 bits per heavy atom. The second-order valence-corrected chi connectivity index (χ2v) is 5.06. The number of benzene rings is 1. The SMILES string of the molecule is COc1ccc(N=NN(C(C)C)C(C)C)c(B(O)O)c1. The fraction of sp³-hybridized carbons (Fsp3) is 0.538. The van der Waals surface area contributed by atoms with Crippen molar-refractivity contribution in [2.45, 2.75) is 39.8 Å². The molecule has 2 N–H and O–H groups in total. The summed E-state index contributed by atoms with van der Waals surface area (Å²) < 4.78 is 5.06. The number of methoxy groups -OCH3 is 1. The Morgan fingerprint density at radius 2 is 1.75 bits per heavy atom. The summed E-state index contributed by atoms with van der Waals surface area (Å²) in [7, 11) is -0.103. The van der Waals surface area contributed by atoms with Crippen LogP contribution in [0.2, 0.25) is 0 Å². The monoisotopic (exact) mass is 279 g/mol. The van der Waals surface area contributed by atoms with E-state index in [0.29, 0.717) is 11.4 Å². The van der Waals surface area contributed by atoms with Crippen LogP contribution in [0.5, 0.6) is 5.75 Å². The zero-order valence-electron chi connectivity index (χ0n) is 12.6. The van der Waals surface area contributed by atoms with Gasteiger partial charge in [-0.3, -0.25) is 5.01 Å². The molecular weight excluding hydrogens is 257 g/mol. The molecule has 0 unspecified atom stereocenters. The van der Waals surface area contributed by atoms with Crippen molar-refractivity contribution in [1.82, 2.24) is 5.01 Å². The summed E-state index contributed by atoms with van der Waals surface area (Å²) in [4.78, 5) is 0. The smallest absolute Gasteiger partial charge is 0.490 e. The van der Waals surface area contributed by atoms with Crippen molar-refractivity contribution in [3.05, 3.63) is 18.2 Å². The molecule has 0 bridgehead atoms. The van der Waals surface area contributed by atoms with E-state index in [-0.39, 0.29) is 17.5 Å². The standard InChI is InChI=1S/C13H22BN3O3/c1-9(2)17(10(3)4)16-15-13-7-6-11(20-5)8-12(13)14(18)19/h6-10,18-19H,1-5H3. The minimum Gasteiger partial charge on any atom is -0.497 e. The van der Waals surface area contributed by atoms with E-state index in [1.165, 1.54) is 13.2 Å². The van der Waals surface area contributed by atoms with Gasteiger partial charge in [0, 0.05) is 17.5 Å². The van der Waals surface area contributed by atoms with Crippen LogP contribution in [0.1, 0.15) is 27.7 Å². The molecule has 0 saturated heterocycles. The second kappa shape index (κ2) is 7.26. The lowest BCUT2D eigenvalue weighted by Gasteiger charge is -2.25. The van der Waals surface area contributed by atoms with E-state index in [1.54, 1.807) is 12.1 Å². The molecule has 0 amide bonds. The predicted molar refractivity (Wildman–Crippen MR) is 79.4 cm³/mol. The molecule has 7 heteroatoms. The van der Waals surface area contributed by atoms with Gasteiger partial charge in [-0.2, -0.15) is 0 Å². The molecule has 0 aliphatic heterocycles. The third-order valence-electron chi connectivity index (χ3n) is 2.83.